The lowest BCUT2D eigenvalue weighted by atomic mass is 9.78. The number of rotatable bonds is 2. The first-order valence-corrected chi connectivity index (χ1v) is 6.22. The van der Waals surface area contributed by atoms with Gasteiger partial charge in [0.1, 0.15) is 0 Å². The van der Waals surface area contributed by atoms with E-state index >= 15 is 0 Å². The van der Waals surface area contributed by atoms with Gasteiger partial charge in [0.2, 0.25) is 5.91 Å². The number of carboxylic acid groups (broad SMARTS) is 1. The van der Waals surface area contributed by atoms with Gasteiger partial charge in [0.15, 0.2) is 0 Å². The summed E-state index contributed by atoms with van der Waals surface area (Å²) in [7, 11) is 0. The van der Waals surface area contributed by atoms with Crippen molar-refractivity contribution in [2.75, 3.05) is 13.1 Å². The third-order valence-corrected chi connectivity index (χ3v) is 3.82. The minimum absolute atomic E-state index is 0.0876. The van der Waals surface area contributed by atoms with Crippen LogP contribution in [0, 0.1) is 11.8 Å². The van der Waals surface area contributed by atoms with Crippen molar-refractivity contribution in [3.05, 3.63) is 0 Å². The molecule has 1 aliphatic carbocycles. The number of carbonyl (C=O) groups excluding carboxylic acids is 1. The molecule has 1 heterocycles. The van der Waals surface area contributed by atoms with Crippen LogP contribution < -0.4 is 0 Å². The minimum Gasteiger partial charge on any atom is -0.481 e. The van der Waals surface area contributed by atoms with Crippen LogP contribution in [0.4, 0.5) is 0 Å². The molecule has 0 unspecified atom stereocenters. The van der Waals surface area contributed by atoms with E-state index in [9.17, 15) is 9.59 Å². The molecule has 1 amide bonds. The van der Waals surface area contributed by atoms with Crippen molar-refractivity contribution < 1.29 is 14.7 Å². The van der Waals surface area contributed by atoms with Crippen LogP contribution >= 0.6 is 0 Å². The van der Waals surface area contributed by atoms with E-state index in [0.717, 1.165) is 45.2 Å². The Kier molecular flexibility index (Phi) is 3.46. The third kappa shape index (κ3) is 2.20. The lowest BCUT2D eigenvalue weighted by molar-refractivity contribution is -0.151. The van der Waals surface area contributed by atoms with Gasteiger partial charge in [0.25, 0.3) is 0 Å². The van der Waals surface area contributed by atoms with Gasteiger partial charge in [-0.3, -0.25) is 9.59 Å². The van der Waals surface area contributed by atoms with Gasteiger partial charge >= 0.3 is 5.97 Å². The summed E-state index contributed by atoms with van der Waals surface area (Å²) >= 11 is 0. The molecule has 0 bridgehead atoms. The lowest BCUT2D eigenvalue weighted by Crippen LogP contribution is -2.41. The van der Waals surface area contributed by atoms with Gasteiger partial charge in [-0.1, -0.05) is 12.8 Å². The molecule has 16 heavy (non-hydrogen) atoms. The zero-order chi connectivity index (χ0) is 11.5. The molecule has 4 heteroatoms. The van der Waals surface area contributed by atoms with E-state index in [1.165, 1.54) is 0 Å². The highest BCUT2D eigenvalue weighted by molar-refractivity contribution is 5.85. The number of amides is 1. The molecule has 2 rings (SSSR count). The van der Waals surface area contributed by atoms with E-state index in [2.05, 4.69) is 0 Å². The normalized spacial score (nSPS) is 30.4. The van der Waals surface area contributed by atoms with E-state index in [1.54, 1.807) is 0 Å². The number of carbonyl (C=O) groups is 2. The molecular weight excluding hydrogens is 206 g/mol. The average molecular weight is 225 g/mol. The largest absolute Gasteiger partial charge is 0.481 e. The van der Waals surface area contributed by atoms with Crippen LogP contribution in [0.25, 0.3) is 0 Å². The molecule has 2 atom stereocenters. The van der Waals surface area contributed by atoms with E-state index in [-0.39, 0.29) is 11.8 Å². The summed E-state index contributed by atoms with van der Waals surface area (Å²) in [6.07, 6.45) is 5.49. The smallest absolute Gasteiger partial charge is 0.307 e. The zero-order valence-corrected chi connectivity index (χ0v) is 9.52. The molecular formula is C12H19NO3. The molecule has 1 N–H and O–H groups in total. The van der Waals surface area contributed by atoms with Crippen molar-refractivity contribution >= 4 is 11.9 Å². The van der Waals surface area contributed by atoms with Gasteiger partial charge in [0.05, 0.1) is 11.8 Å². The molecule has 2 aliphatic rings. The summed E-state index contributed by atoms with van der Waals surface area (Å²) in [5.74, 6) is -1.41. The molecule has 4 nitrogen and oxygen atoms in total. The van der Waals surface area contributed by atoms with Crippen molar-refractivity contribution in [1.29, 1.82) is 0 Å². The predicted molar refractivity (Wildman–Crippen MR) is 58.9 cm³/mol. The van der Waals surface area contributed by atoms with Gasteiger partial charge in [-0.2, -0.15) is 0 Å². The molecule has 1 saturated carbocycles. The lowest BCUT2D eigenvalue weighted by Gasteiger charge is -2.30. The maximum absolute atomic E-state index is 12.2. The van der Waals surface area contributed by atoms with E-state index in [1.807, 2.05) is 4.90 Å². The highest BCUT2D eigenvalue weighted by Gasteiger charge is 2.38. The SMILES string of the molecule is O=C(O)[C@H]1CCCC[C@H]1C(=O)N1CCCC1. The fourth-order valence-corrected chi connectivity index (χ4v) is 2.89. The van der Waals surface area contributed by atoms with Crippen LogP contribution in [0.15, 0.2) is 0 Å². The van der Waals surface area contributed by atoms with Gasteiger partial charge in [-0.15, -0.1) is 0 Å². The topological polar surface area (TPSA) is 57.6 Å². The van der Waals surface area contributed by atoms with Crippen LogP contribution in [0.5, 0.6) is 0 Å². The summed E-state index contributed by atoms with van der Waals surface area (Å²) in [5, 5.41) is 9.13. The summed E-state index contributed by atoms with van der Waals surface area (Å²) < 4.78 is 0. The molecule has 0 radical (unpaired) electrons. The Balaban J connectivity index is 2.04. The monoisotopic (exact) mass is 225 g/mol. The van der Waals surface area contributed by atoms with Crippen molar-refractivity contribution in [2.45, 2.75) is 38.5 Å². The molecule has 2 fully saturated rings. The summed E-state index contributed by atoms with van der Waals surface area (Å²) in [4.78, 5) is 25.1. The highest BCUT2D eigenvalue weighted by atomic mass is 16.4. The Morgan fingerprint density at radius 1 is 0.938 bits per heavy atom. The predicted octanol–water partition coefficient (Wildman–Crippen LogP) is 1.50. The first-order valence-electron chi connectivity index (χ1n) is 6.22. The second-order valence-electron chi connectivity index (χ2n) is 4.87. The average Bonchev–Trinajstić information content (AvgIpc) is 2.81. The van der Waals surface area contributed by atoms with Gasteiger partial charge in [0, 0.05) is 13.1 Å². The molecule has 90 valence electrons. The summed E-state index contributed by atoms with van der Waals surface area (Å²) in [6, 6.07) is 0. The van der Waals surface area contributed by atoms with Crippen LogP contribution in [-0.2, 0) is 9.59 Å². The standard InChI is InChI=1S/C12H19NO3/c14-11(13-7-3-4-8-13)9-5-1-2-6-10(9)12(15)16/h9-10H,1-8H2,(H,15,16)/t9-,10+/m1/s1. The van der Waals surface area contributed by atoms with Gasteiger partial charge in [-0.25, -0.2) is 0 Å². The van der Waals surface area contributed by atoms with E-state index in [4.69, 9.17) is 5.11 Å². The molecule has 0 aromatic rings. The second kappa shape index (κ2) is 4.85. The zero-order valence-electron chi connectivity index (χ0n) is 9.52. The molecule has 0 aromatic heterocycles. The first-order chi connectivity index (χ1) is 7.70. The van der Waals surface area contributed by atoms with Gasteiger partial charge in [-0.05, 0) is 25.7 Å². The highest BCUT2D eigenvalue weighted by Crippen LogP contribution is 2.32. The van der Waals surface area contributed by atoms with Crippen LogP contribution in [-0.4, -0.2) is 35.0 Å². The van der Waals surface area contributed by atoms with Crippen molar-refractivity contribution in [2.24, 2.45) is 11.8 Å². The van der Waals surface area contributed by atoms with Crippen molar-refractivity contribution in [3.63, 3.8) is 0 Å². The van der Waals surface area contributed by atoms with E-state index < -0.39 is 11.9 Å². The first kappa shape index (κ1) is 11.4. The quantitative estimate of drug-likeness (QED) is 0.774. The fraction of sp³-hybridized carbons (Fsp3) is 0.833. The number of likely N-dealkylation sites (tertiary alicyclic amines) is 1. The second-order valence-corrected chi connectivity index (χ2v) is 4.87. The van der Waals surface area contributed by atoms with E-state index in [0.29, 0.717) is 6.42 Å². The summed E-state index contributed by atoms with van der Waals surface area (Å²) in [6.45, 7) is 1.64. The van der Waals surface area contributed by atoms with Gasteiger partial charge < -0.3 is 10.0 Å². The molecule has 1 saturated heterocycles. The third-order valence-electron chi connectivity index (χ3n) is 3.82. The molecule has 0 aromatic carbocycles. The number of aliphatic carboxylic acids is 1. The van der Waals surface area contributed by atoms with Crippen LogP contribution in [0.3, 0.4) is 0 Å². The molecule has 1 aliphatic heterocycles. The Morgan fingerprint density at radius 2 is 1.50 bits per heavy atom. The van der Waals surface area contributed by atoms with Crippen LogP contribution in [0.1, 0.15) is 38.5 Å². The Bertz CT molecular complexity index is 284. The number of hydrogen-bond donors (Lipinski definition) is 1. The Morgan fingerprint density at radius 3 is 2.06 bits per heavy atom. The number of hydrogen-bond acceptors (Lipinski definition) is 2. The van der Waals surface area contributed by atoms with Crippen molar-refractivity contribution in [1.82, 2.24) is 4.90 Å². The maximum atomic E-state index is 12.2. The Labute approximate surface area is 95.6 Å². The number of nitrogens with zero attached hydrogens (tertiary/aromatic N) is 1. The van der Waals surface area contributed by atoms with Crippen molar-refractivity contribution in [3.8, 4) is 0 Å². The van der Waals surface area contributed by atoms with Crippen LogP contribution in [0.2, 0.25) is 0 Å². The summed E-state index contributed by atoms with van der Waals surface area (Å²) in [5.41, 5.74) is 0. The minimum atomic E-state index is -0.794. The fourth-order valence-electron chi connectivity index (χ4n) is 2.89. The maximum Gasteiger partial charge on any atom is 0.307 e. The Hall–Kier alpha value is -1.06. The molecule has 0 spiro atoms. The number of carboxylic acids is 1.